The normalized spacial score (nSPS) is 27.4. The molecule has 1 saturated heterocycles. The average molecular weight is 382 g/mol. The fourth-order valence-electron chi connectivity index (χ4n) is 4.61. The van der Waals surface area contributed by atoms with E-state index in [1.807, 2.05) is 16.7 Å². The first-order valence-electron chi connectivity index (χ1n) is 10.7. The number of piperidine rings is 1. The summed E-state index contributed by atoms with van der Waals surface area (Å²) >= 11 is 0. The molecule has 7 heteroatoms. The van der Waals surface area contributed by atoms with Crippen molar-refractivity contribution in [3.63, 3.8) is 0 Å². The highest BCUT2D eigenvalue weighted by atomic mass is 16.5. The second kappa shape index (κ2) is 9.73. The van der Waals surface area contributed by atoms with Crippen molar-refractivity contribution in [3.8, 4) is 0 Å². The van der Waals surface area contributed by atoms with E-state index in [4.69, 9.17) is 9.84 Å². The molecule has 0 spiro atoms. The zero-order valence-corrected chi connectivity index (χ0v) is 16.6. The molecule has 2 aliphatic carbocycles. The number of likely N-dealkylation sites (tertiary alicyclic amines) is 1. The predicted octanol–water partition coefficient (Wildman–Crippen LogP) is 2.45. The van der Waals surface area contributed by atoms with Crippen LogP contribution in [0.3, 0.4) is 0 Å². The number of urea groups is 1. The van der Waals surface area contributed by atoms with Crippen LogP contribution in [0.1, 0.15) is 64.7 Å². The van der Waals surface area contributed by atoms with Crippen molar-refractivity contribution in [2.45, 2.75) is 89.0 Å². The molecule has 0 radical (unpaired) electrons. The van der Waals surface area contributed by atoms with Gasteiger partial charge in [-0.25, -0.2) is 4.79 Å². The molecule has 1 aliphatic heterocycles. The number of ether oxygens (including phenoxy) is 1. The Morgan fingerprint density at radius 2 is 1.70 bits per heavy atom. The number of carbonyl (C=O) groups is 2. The lowest BCUT2D eigenvalue weighted by Crippen LogP contribution is -2.57. The van der Waals surface area contributed by atoms with Crippen LogP contribution in [-0.4, -0.2) is 77.4 Å². The number of hydrogen-bond donors (Lipinski definition) is 2. The Morgan fingerprint density at radius 1 is 1.07 bits per heavy atom. The molecule has 0 atom stereocenters. The fourth-order valence-corrected chi connectivity index (χ4v) is 4.61. The second-order valence-electron chi connectivity index (χ2n) is 8.31. The molecule has 0 bridgehead atoms. The van der Waals surface area contributed by atoms with E-state index in [0.717, 1.165) is 45.3 Å². The number of amides is 2. The Kier molecular flexibility index (Phi) is 7.35. The highest BCUT2D eigenvalue weighted by Crippen LogP contribution is 2.27. The number of hydrogen-bond acceptors (Lipinski definition) is 4. The van der Waals surface area contributed by atoms with Gasteiger partial charge in [0.05, 0.1) is 18.8 Å². The van der Waals surface area contributed by atoms with Crippen LogP contribution < -0.4 is 5.32 Å². The average Bonchev–Trinajstić information content (AvgIpc) is 2.64. The number of nitrogens with zero attached hydrogens (tertiary/aromatic N) is 2. The van der Waals surface area contributed by atoms with Crippen molar-refractivity contribution in [2.24, 2.45) is 0 Å². The van der Waals surface area contributed by atoms with Gasteiger partial charge in [0.2, 0.25) is 0 Å². The lowest BCUT2D eigenvalue weighted by Gasteiger charge is -2.43. The van der Waals surface area contributed by atoms with Gasteiger partial charge in [-0.1, -0.05) is 26.2 Å². The number of rotatable bonds is 7. The third kappa shape index (κ3) is 5.82. The largest absolute Gasteiger partial charge is 0.480 e. The van der Waals surface area contributed by atoms with E-state index in [1.54, 1.807) is 0 Å². The van der Waals surface area contributed by atoms with Crippen molar-refractivity contribution in [1.82, 2.24) is 15.1 Å². The van der Waals surface area contributed by atoms with Crippen molar-refractivity contribution in [3.05, 3.63) is 0 Å². The highest BCUT2D eigenvalue weighted by molar-refractivity contribution is 5.74. The van der Waals surface area contributed by atoms with E-state index in [0.29, 0.717) is 12.2 Å². The Labute approximate surface area is 162 Å². The Balaban J connectivity index is 1.32. The minimum absolute atomic E-state index is 0.0239. The summed E-state index contributed by atoms with van der Waals surface area (Å²) in [6.07, 6.45) is 10.6. The molecule has 0 aromatic rings. The molecule has 0 aromatic carbocycles. The Bertz CT molecular complexity index is 495. The summed E-state index contributed by atoms with van der Waals surface area (Å²) in [5.41, 5.74) is 0. The standard InChI is InChI=1S/C20H35N3O4/c1-2-22(14-19(24)25)16-12-15(13-16)21-20(26)23-10-8-18(9-11-23)27-17-6-4-3-5-7-17/h15-18H,2-14H2,1H3,(H,21,26)(H,24,25). The van der Waals surface area contributed by atoms with Crippen LogP contribution in [0.4, 0.5) is 4.79 Å². The molecule has 0 aromatic heterocycles. The van der Waals surface area contributed by atoms with Crippen LogP contribution in [0.5, 0.6) is 0 Å². The zero-order chi connectivity index (χ0) is 19.2. The number of carbonyl (C=O) groups excluding carboxylic acids is 1. The highest BCUT2D eigenvalue weighted by Gasteiger charge is 2.36. The predicted molar refractivity (Wildman–Crippen MR) is 103 cm³/mol. The topological polar surface area (TPSA) is 82.1 Å². The van der Waals surface area contributed by atoms with Gasteiger partial charge in [-0.05, 0) is 45.1 Å². The molecule has 0 unspecified atom stereocenters. The summed E-state index contributed by atoms with van der Waals surface area (Å²) in [5.74, 6) is -0.789. The van der Waals surface area contributed by atoms with E-state index in [2.05, 4.69) is 5.32 Å². The van der Waals surface area contributed by atoms with E-state index in [9.17, 15) is 9.59 Å². The molecule has 3 fully saturated rings. The maximum absolute atomic E-state index is 12.5. The van der Waals surface area contributed by atoms with Gasteiger partial charge in [0, 0.05) is 25.2 Å². The summed E-state index contributed by atoms with van der Waals surface area (Å²) in [5, 5.41) is 12.1. The molecule has 3 aliphatic rings. The van der Waals surface area contributed by atoms with Crippen molar-refractivity contribution in [1.29, 1.82) is 0 Å². The molecule has 3 rings (SSSR count). The van der Waals surface area contributed by atoms with E-state index < -0.39 is 5.97 Å². The van der Waals surface area contributed by atoms with Gasteiger partial charge in [-0.3, -0.25) is 9.69 Å². The van der Waals surface area contributed by atoms with E-state index in [1.165, 1.54) is 32.1 Å². The van der Waals surface area contributed by atoms with Gasteiger partial charge in [0.25, 0.3) is 0 Å². The first kappa shape index (κ1) is 20.4. The van der Waals surface area contributed by atoms with Gasteiger partial charge in [-0.15, -0.1) is 0 Å². The first-order valence-corrected chi connectivity index (χ1v) is 10.7. The second-order valence-corrected chi connectivity index (χ2v) is 8.31. The summed E-state index contributed by atoms with van der Waals surface area (Å²) in [6, 6.07) is 0.462. The van der Waals surface area contributed by atoms with Crippen LogP contribution in [0.15, 0.2) is 0 Å². The van der Waals surface area contributed by atoms with Crippen LogP contribution in [-0.2, 0) is 9.53 Å². The van der Waals surface area contributed by atoms with E-state index in [-0.39, 0.29) is 24.7 Å². The number of nitrogens with one attached hydrogen (secondary N) is 1. The van der Waals surface area contributed by atoms with Crippen LogP contribution >= 0.6 is 0 Å². The van der Waals surface area contributed by atoms with Crippen LogP contribution in [0.2, 0.25) is 0 Å². The van der Waals surface area contributed by atoms with Gasteiger partial charge in [0.1, 0.15) is 0 Å². The van der Waals surface area contributed by atoms with Gasteiger partial charge >= 0.3 is 12.0 Å². The quantitative estimate of drug-likeness (QED) is 0.708. The molecule has 27 heavy (non-hydrogen) atoms. The fraction of sp³-hybridized carbons (Fsp3) is 0.900. The maximum atomic E-state index is 12.5. The third-order valence-electron chi connectivity index (χ3n) is 6.37. The minimum Gasteiger partial charge on any atom is -0.480 e. The number of carboxylic acid groups (broad SMARTS) is 1. The van der Waals surface area contributed by atoms with Crippen LogP contribution in [0.25, 0.3) is 0 Å². The lowest BCUT2D eigenvalue weighted by molar-refractivity contribution is -0.139. The zero-order valence-electron chi connectivity index (χ0n) is 16.6. The summed E-state index contributed by atoms with van der Waals surface area (Å²) in [4.78, 5) is 27.3. The molecule has 2 N–H and O–H groups in total. The molecule has 154 valence electrons. The molecule has 7 nitrogen and oxygen atoms in total. The smallest absolute Gasteiger partial charge is 0.317 e. The minimum atomic E-state index is -0.789. The summed E-state index contributed by atoms with van der Waals surface area (Å²) < 4.78 is 6.25. The molecule has 2 saturated carbocycles. The molecule has 1 heterocycles. The Hall–Kier alpha value is -1.34. The van der Waals surface area contributed by atoms with Crippen molar-refractivity contribution in [2.75, 3.05) is 26.2 Å². The van der Waals surface area contributed by atoms with Crippen molar-refractivity contribution < 1.29 is 19.4 Å². The van der Waals surface area contributed by atoms with Gasteiger partial charge in [0.15, 0.2) is 0 Å². The number of likely N-dealkylation sites (N-methyl/N-ethyl adjacent to an activating group) is 1. The molecular formula is C20H35N3O4. The maximum Gasteiger partial charge on any atom is 0.317 e. The molecule has 2 amide bonds. The summed E-state index contributed by atoms with van der Waals surface area (Å²) in [6.45, 7) is 4.32. The monoisotopic (exact) mass is 381 g/mol. The van der Waals surface area contributed by atoms with Crippen LogP contribution in [0, 0.1) is 0 Å². The van der Waals surface area contributed by atoms with E-state index >= 15 is 0 Å². The van der Waals surface area contributed by atoms with Crippen molar-refractivity contribution >= 4 is 12.0 Å². The van der Waals surface area contributed by atoms with Gasteiger partial charge < -0.3 is 20.1 Å². The summed E-state index contributed by atoms with van der Waals surface area (Å²) in [7, 11) is 0. The lowest BCUT2D eigenvalue weighted by atomic mass is 9.85. The Morgan fingerprint density at radius 3 is 2.30 bits per heavy atom. The SMILES string of the molecule is CCN(CC(=O)O)C1CC(NC(=O)N2CCC(OC3CCCCC3)CC2)C1. The van der Waals surface area contributed by atoms with Gasteiger partial charge in [-0.2, -0.15) is 0 Å². The third-order valence-corrected chi connectivity index (χ3v) is 6.37. The molecular weight excluding hydrogens is 346 g/mol. The number of aliphatic carboxylic acids is 1. The first-order chi connectivity index (χ1) is 13.0. The number of carboxylic acids is 1.